The Kier molecular flexibility index (Phi) is 5.20. The Balaban J connectivity index is 2.87. The van der Waals surface area contributed by atoms with Crippen molar-refractivity contribution in [2.24, 2.45) is 5.41 Å². The summed E-state index contributed by atoms with van der Waals surface area (Å²) in [4.78, 5) is 4.61. The number of aryl methyl sites for hydroxylation is 1. The first-order valence-corrected chi connectivity index (χ1v) is 7.30. The molecule has 1 N–H and O–H groups in total. The van der Waals surface area contributed by atoms with Crippen molar-refractivity contribution in [3.63, 3.8) is 0 Å². The van der Waals surface area contributed by atoms with E-state index in [0.29, 0.717) is 0 Å². The topological polar surface area (TPSA) is 34.1 Å². The molecule has 0 aliphatic heterocycles. The van der Waals surface area contributed by atoms with Gasteiger partial charge in [0.05, 0.1) is 7.11 Å². The lowest BCUT2D eigenvalue weighted by atomic mass is 9.85. The molecular weight excluding hydrogens is 248 g/mol. The molecule has 0 saturated carbocycles. The summed E-state index contributed by atoms with van der Waals surface area (Å²) in [5, 5.41) is 3.58. The Morgan fingerprint density at radius 1 is 1.15 bits per heavy atom. The second-order valence-corrected chi connectivity index (χ2v) is 7.49. The average Bonchev–Trinajstić information content (AvgIpc) is 2.31. The Hall–Kier alpha value is -1.09. The van der Waals surface area contributed by atoms with Crippen LogP contribution in [0.2, 0.25) is 0 Å². The van der Waals surface area contributed by atoms with E-state index in [1.54, 1.807) is 7.11 Å². The minimum absolute atomic E-state index is 0.144. The van der Waals surface area contributed by atoms with Crippen molar-refractivity contribution in [3.05, 3.63) is 23.0 Å². The molecule has 0 bridgehead atoms. The molecule has 0 atom stereocenters. The molecule has 0 unspecified atom stereocenters. The maximum atomic E-state index is 5.49. The molecule has 20 heavy (non-hydrogen) atoms. The predicted octanol–water partition coefficient (Wildman–Crippen LogP) is 3.66. The van der Waals surface area contributed by atoms with Crippen molar-refractivity contribution < 1.29 is 4.74 Å². The number of ether oxygens (including phenoxy) is 1. The zero-order valence-corrected chi connectivity index (χ0v) is 14.3. The lowest BCUT2D eigenvalue weighted by molar-refractivity contribution is 0.286. The summed E-state index contributed by atoms with van der Waals surface area (Å²) < 4.78 is 5.49. The van der Waals surface area contributed by atoms with Crippen LogP contribution in [0.4, 0.5) is 0 Å². The molecule has 3 heteroatoms. The molecule has 114 valence electrons. The number of nitrogens with zero attached hydrogens (tertiary/aromatic N) is 1. The molecule has 1 aromatic rings. The van der Waals surface area contributed by atoms with Crippen LogP contribution >= 0.6 is 0 Å². The van der Waals surface area contributed by atoms with Crippen LogP contribution < -0.4 is 10.1 Å². The summed E-state index contributed by atoms with van der Waals surface area (Å²) in [6, 6.07) is 0. The number of pyridine rings is 1. The first-order valence-electron chi connectivity index (χ1n) is 7.30. The van der Waals surface area contributed by atoms with Crippen LogP contribution in [0.3, 0.4) is 0 Å². The van der Waals surface area contributed by atoms with Crippen molar-refractivity contribution in [3.8, 4) is 5.75 Å². The number of nitrogens with one attached hydrogen (secondary N) is 1. The zero-order chi connectivity index (χ0) is 15.6. The third-order valence-electron chi connectivity index (χ3n) is 3.49. The van der Waals surface area contributed by atoms with Crippen molar-refractivity contribution in [2.45, 2.75) is 60.4 Å². The number of hydrogen-bond acceptors (Lipinski definition) is 3. The highest BCUT2D eigenvalue weighted by atomic mass is 16.5. The Bertz CT molecular complexity index is 459. The van der Waals surface area contributed by atoms with Gasteiger partial charge < -0.3 is 10.1 Å². The Labute approximate surface area is 124 Å². The van der Waals surface area contributed by atoms with Gasteiger partial charge in [-0.25, -0.2) is 0 Å². The largest absolute Gasteiger partial charge is 0.496 e. The van der Waals surface area contributed by atoms with Crippen LogP contribution in [0.15, 0.2) is 6.20 Å². The van der Waals surface area contributed by atoms with E-state index in [9.17, 15) is 0 Å². The molecule has 0 saturated heterocycles. The molecule has 0 aromatic carbocycles. The molecule has 0 radical (unpaired) electrons. The second kappa shape index (κ2) is 6.13. The van der Waals surface area contributed by atoms with Gasteiger partial charge in [0.2, 0.25) is 0 Å². The summed E-state index contributed by atoms with van der Waals surface area (Å²) in [7, 11) is 1.73. The van der Waals surface area contributed by atoms with Gasteiger partial charge in [-0.3, -0.25) is 4.98 Å². The minimum Gasteiger partial charge on any atom is -0.496 e. The normalized spacial score (nSPS) is 12.6. The van der Waals surface area contributed by atoms with Crippen LogP contribution in [0.1, 0.15) is 51.4 Å². The molecule has 0 fully saturated rings. The predicted molar refractivity (Wildman–Crippen MR) is 85.5 cm³/mol. The van der Waals surface area contributed by atoms with Gasteiger partial charge in [-0.1, -0.05) is 13.8 Å². The van der Waals surface area contributed by atoms with E-state index in [1.807, 2.05) is 13.1 Å². The smallest absolute Gasteiger partial charge is 0.128 e. The number of rotatable bonds is 5. The summed E-state index contributed by atoms with van der Waals surface area (Å²) in [6.45, 7) is 16.2. The SMILES string of the molecule is COc1c(C)cnc(CC(C)(C)CNC(C)(C)C)c1C. The number of hydrogen-bond donors (Lipinski definition) is 1. The second-order valence-electron chi connectivity index (χ2n) is 7.49. The van der Waals surface area contributed by atoms with Crippen molar-refractivity contribution in [1.29, 1.82) is 0 Å². The van der Waals surface area contributed by atoms with E-state index < -0.39 is 0 Å². The first-order chi connectivity index (χ1) is 9.06. The summed E-state index contributed by atoms with van der Waals surface area (Å²) in [6.07, 6.45) is 2.85. The number of aromatic nitrogens is 1. The molecule has 0 aliphatic rings. The fourth-order valence-corrected chi connectivity index (χ4v) is 2.27. The molecule has 0 aliphatic carbocycles. The number of methoxy groups -OCH3 is 1. The highest BCUT2D eigenvalue weighted by Gasteiger charge is 2.23. The molecular formula is C17H30N2O. The van der Waals surface area contributed by atoms with E-state index in [1.165, 1.54) is 0 Å². The van der Waals surface area contributed by atoms with E-state index in [0.717, 1.165) is 35.5 Å². The van der Waals surface area contributed by atoms with Gasteiger partial charge in [0.1, 0.15) is 5.75 Å². The highest BCUT2D eigenvalue weighted by Crippen LogP contribution is 2.29. The van der Waals surface area contributed by atoms with Gasteiger partial charge in [-0.05, 0) is 46.5 Å². The van der Waals surface area contributed by atoms with Crippen LogP contribution in [0.5, 0.6) is 5.75 Å². The lowest BCUT2D eigenvalue weighted by Crippen LogP contribution is -2.42. The molecule has 1 rings (SSSR count). The van der Waals surface area contributed by atoms with Gasteiger partial charge in [-0.2, -0.15) is 0 Å². The summed E-state index contributed by atoms with van der Waals surface area (Å²) >= 11 is 0. The third kappa shape index (κ3) is 4.78. The van der Waals surface area contributed by atoms with E-state index in [-0.39, 0.29) is 11.0 Å². The maximum Gasteiger partial charge on any atom is 0.128 e. The standard InChI is InChI=1S/C17H30N2O/c1-12-10-18-14(13(2)15(12)20-8)9-17(6,7)11-19-16(3,4)5/h10,19H,9,11H2,1-8H3. The molecule has 0 spiro atoms. The van der Waals surface area contributed by atoms with Gasteiger partial charge in [0.25, 0.3) is 0 Å². The van der Waals surface area contributed by atoms with E-state index in [4.69, 9.17) is 4.74 Å². The third-order valence-corrected chi connectivity index (χ3v) is 3.49. The van der Waals surface area contributed by atoms with Gasteiger partial charge in [0, 0.05) is 35.1 Å². The van der Waals surface area contributed by atoms with Crippen molar-refractivity contribution in [2.75, 3.05) is 13.7 Å². The first kappa shape index (κ1) is 17.0. The van der Waals surface area contributed by atoms with Crippen molar-refractivity contribution in [1.82, 2.24) is 10.3 Å². The van der Waals surface area contributed by atoms with Crippen LogP contribution in [0, 0.1) is 19.3 Å². The van der Waals surface area contributed by atoms with Crippen molar-refractivity contribution >= 4 is 0 Å². The molecule has 1 aromatic heterocycles. The quantitative estimate of drug-likeness (QED) is 0.892. The van der Waals surface area contributed by atoms with Gasteiger partial charge in [0.15, 0.2) is 0 Å². The van der Waals surface area contributed by atoms with E-state index in [2.05, 4.69) is 51.8 Å². The maximum absolute atomic E-state index is 5.49. The molecule has 1 heterocycles. The van der Waals surface area contributed by atoms with Gasteiger partial charge >= 0.3 is 0 Å². The Morgan fingerprint density at radius 2 is 1.75 bits per heavy atom. The van der Waals surface area contributed by atoms with Crippen LogP contribution in [0.25, 0.3) is 0 Å². The van der Waals surface area contributed by atoms with Crippen LogP contribution in [-0.4, -0.2) is 24.2 Å². The fourth-order valence-electron chi connectivity index (χ4n) is 2.27. The Morgan fingerprint density at radius 3 is 2.25 bits per heavy atom. The highest BCUT2D eigenvalue weighted by molar-refractivity contribution is 5.41. The fraction of sp³-hybridized carbons (Fsp3) is 0.706. The minimum atomic E-state index is 0.144. The lowest BCUT2D eigenvalue weighted by Gasteiger charge is -2.31. The monoisotopic (exact) mass is 278 g/mol. The molecule has 0 amide bonds. The summed E-state index contributed by atoms with van der Waals surface area (Å²) in [5.41, 5.74) is 3.69. The average molecular weight is 278 g/mol. The summed E-state index contributed by atoms with van der Waals surface area (Å²) in [5.74, 6) is 0.967. The zero-order valence-electron chi connectivity index (χ0n) is 14.3. The molecule has 3 nitrogen and oxygen atoms in total. The van der Waals surface area contributed by atoms with Crippen LogP contribution in [-0.2, 0) is 6.42 Å². The van der Waals surface area contributed by atoms with E-state index >= 15 is 0 Å². The van der Waals surface area contributed by atoms with Gasteiger partial charge in [-0.15, -0.1) is 0 Å².